The van der Waals surface area contributed by atoms with Gasteiger partial charge in [0.1, 0.15) is 12.0 Å². The van der Waals surface area contributed by atoms with Crippen molar-refractivity contribution in [3.05, 3.63) is 60.0 Å². The summed E-state index contributed by atoms with van der Waals surface area (Å²) in [4.78, 5) is 20.7. The molecule has 0 fully saturated rings. The minimum atomic E-state index is -0.235. The summed E-state index contributed by atoms with van der Waals surface area (Å²) in [7, 11) is 0. The lowest BCUT2D eigenvalue weighted by molar-refractivity contribution is 0.0947. The molecule has 1 N–H and O–H groups in total. The number of rotatable bonds is 3. The average molecular weight is 307 g/mol. The standard InChI is InChI=1S/C17H13N3O3/c21-17(16-12-3-1-2-4-13(12)19-9-20-16)18-8-11-5-6-14-15(7-11)23-10-22-14/h1-7,9H,8,10H2,(H,18,21). The van der Waals surface area contributed by atoms with Crippen molar-refractivity contribution in [2.24, 2.45) is 0 Å². The Hall–Kier alpha value is -3.15. The highest BCUT2D eigenvalue weighted by Gasteiger charge is 2.15. The maximum Gasteiger partial charge on any atom is 0.270 e. The SMILES string of the molecule is O=C(NCc1ccc2c(c1)OCO2)c1ncnc2ccccc12. The Morgan fingerprint density at radius 3 is 2.91 bits per heavy atom. The van der Waals surface area contributed by atoms with E-state index in [9.17, 15) is 4.79 Å². The van der Waals surface area contributed by atoms with Gasteiger partial charge in [-0.05, 0) is 23.8 Å². The van der Waals surface area contributed by atoms with Crippen LogP contribution in [-0.2, 0) is 6.54 Å². The van der Waals surface area contributed by atoms with Crippen molar-refractivity contribution in [3.8, 4) is 11.5 Å². The van der Waals surface area contributed by atoms with Gasteiger partial charge in [0.2, 0.25) is 6.79 Å². The van der Waals surface area contributed by atoms with Gasteiger partial charge in [0.25, 0.3) is 5.91 Å². The third kappa shape index (κ3) is 2.55. The van der Waals surface area contributed by atoms with Gasteiger partial charge in [0.05, 0.1) is 5.52 Å². The second-order valence-electron chi connectivity index (χ2n) is 5.11. The molecular weight excluding hydrogens is 294 g/mol. The quantitative estimate of drug-likeness (QED) is 0.803. The predicted molar refractivity (Wildman–Crippen MR) is 83.3 cm³/mol. The van der Waals surface area contributed by atoms with Crippen LogP contribution in [0.3, 0.4) is 0 Å². The molecule has 0 bridgehead atoms. The molecule has 2 aromatic carbocycles. The molecule has 4 rings (SSSR count). The van der Waals surface area contributed by atoms with Crippen LogP contribution in [0.25, 0.3) is 10.9 Å². The summed E-state index contributed by atoms with van der Waals surface area (Å²) >= 11 is 0. The van der Waals surface area contributed by atoms with Crippen molar-refractivity contribution in [1.82, 2.24) is 15.3 Å². The van der Waals surface area contributed by atoms with Crippen LogP contribution in [0.2, 0.25) is 0 Å². The van der Waals surface area contributed by atoms with E-state index in [1.165, 1.54) is 6.33 Å². The first-order valence-corrected chi connectivity index (χ1v) is 7.18. The molecule has 0 spiro atoms. The third-order valence-corrected chi connectivity index (χ3v) is 3.65. The molecule has 1 aliphatic heterocycles. The fourth-order valence-electron chi connectivity index (χ4n) is 2.50. The van der Waals surface area contributed by atoms with Gasteiger partial charge in [-0.3, -0.25) is 4.79 Å². The van der Waals surface area contributed by atoms with Crippen molar-refractivity contribution in [1.29, 1.82) is 0 Å². The van der Waals surface area contributed by atoms with Gasteiger partial charge in [0, 0.05) is 11.9 Å². The van der Waals surface area contributed by atoms with Crippen molar-refractivity contribution in [2.75, 3.05) is 6.79 Å². The van der Waals surface area contributed by atoms with E-state index < -0.39 is 0 Å². The number of aromatic nitrogens is 2. The molecule has 3 aromatic rings. The number of fused-ring (bicyclic) bond motifs is 2. The normalized spacial score (nSPS) is 12.3. The van der Waals surface area contributed by atoms with E-state index >= 15 is 0 Å². The summed E-state index contributed by atoms with van der Waals surface area (Å²) < 4.78 is 10.6. The number of hydrogen-bond acceptors (Lipinski definition) is 5. The first-order chi connectivity index (χ1) is 11.3. The summed E-state index contributed by atoms with van der Waals surface area (Å²) in [5, 5.41) is 3.61. The summed E-state index contributed by atoms with van der Waals surface area (Å²) in [5.74, 6) is 1.19. The monoisotopic (exact) mass is 307 g/mol. The molecule has 0 saturated heterocycles. The van der Waals surface area contributed by atoms with Crippen molar-refractivity contribution < 1.29 is 14.3 Å². The summed E-state index contributed by atoms with van der Waals surface area (Å²) in [6.45, 7) is 0.617. The van der Waals surface area contributed by atoms with Crippen LogP contribution in [0.15, 0.2) is 48.8 Å². The molecule has 23 heavy (non-hydrogen) atoms. The molecular formula is C17H13N3O3. The Balaban J connectivity index is 1.53. The number of carbonyl (C=O) groups is 1. The fraction of sp³-hybridized carbons (Fsp3) is 0.118. The number of benzene rings is 2. The van der Waals surface area contributed by atoms with Crippen LogP contribution < -0.4 is 14.8 Å². The van der Waals surface area contributed by atoms with Gasteiger partial charge < -0.3 is 14.8 Å². The van der Waals surface area contributed by atoms with E-state index in [0.29, 0.717) is 18.0 Å². The molecule has 1 aliphatic rings. The van der Waals surface area contributed by atoms with E-state index in [2.05, 4.69) is 15.3 Å². The van der Waals surface area contributed by atoms with Gasteiger partial charge in [0.15, 0.2) is 11.5 Å². The van der Waals surface area contributed by atoms with E-state index in [1.54, 1.807) is 0 Å². The summed E-state index contributed by atoms with van der Waals surface area (Å²) in [6.07, 6.45) is 1.40. The summed E-state index contributed by atoms with van der Waals surface area (Å²) in [6, 6.07) is 13.0. The molecule has 0 radical (unpaired) electrons. The number of nitrogens with zero attached hydrogens (tertiary/aromatic N) is 2. The van der Waals surface area contributed by atoms with Crippen molar-refractivity contribution >= 4 is 16.8 Å². The zero-order chi connectivity index (χ0) is 15.6. The Kier molecular flexibility index (Phi) is 3.27. The van der Waals surface area contributed by atoms with Crippen molar-refractivity contribution in [3.63, 3.8) is 0 Å². The van der Waals surface area contributed by atoms with Crippen LogP contribution in [0, 0.1) is 0 Å². The van der Waals surface area contributed by atoms with Gasteiger partial charge in [-0.15, -0.1) is 0 Å². The van der Waals surface area contributed by atoms with Gasteiger partial charge in [-0.1, -0.05) is 24.3 Å². The van der Waals surface area contributed by atoms with Crippen LogP contribution >= 0.6 is 0 Å². The van der Waals surface area contributed by atoms with E-state index in [0.717, 1.165) is 22.2 Å². The molecule has 6 heteroatoms. The molecule has 0 aliphatic carbocycles. The molecule has 114 valence electrons. The first kappa shape index (κ1) is 13.5. The van der Waals surface area contributed by atoms with Crippen LogP contribution in [-0.4, -0.2) is 22.7 Å². The first-order valence-electron chi connectivity index (χ1n) is 7.18. The Labute approximate surface area is 132 Å². The summed E-state index contributed by atoms with van der Waals surface area (Å²) in [5.41, 5.74) is 2.05. The minimum Gasteiger partial charge on any atom is -0.454 e. The molecule has 2 heterocycles. The molecule has 0 saturated carbocycles. The average Bonchev–Trinajstić information content (AvgIpc) is 3.07. The van der Waals surface area contributed by atoms with E-state index in [4.69, 9.17) is 9.47 Å². The Morgan fingerprint density at radius 1 is 1.09 bits per heavy atom. The highest BCUT2D eigenvalue weighted by atomic mass is 16.7. The van der Waals surface area contributed by atoms with Crippen molar-refractivity contribution in [2.45, 2.75) is 6.54 Å². The maximum absolute atomic E-state index is 12.4. The minimum absolute atomic E-state index is 0.234. The number of carbonyl (C=O) groups excluding carboxylic acids is 1. The second kappa shape index (κ2) is 5.57. The van der Waals surface area contributed by atoms with Gasteiger partial charge >= 0.3 is 0 Å². The third-order valence-electron chi connectivity index (χ3n) is 3.65. The highest BCUT2D eigenvalue weighted by molar-refractivity contribution is 6.04. The van der Waals surface area contributed by atoms with E-state index in [1.807, 2.05) is 42.5 Å². The topological polar surface area (TPSA) is 73.3 Å². The van der Waals surface area contributed by atoms with Crippen LogP contribution in [0.5, 0.6) is 11.5 Å². The maximum atomic E-state index is 12.4. The Morgan fingerprint density at radius 2 is 1.96 bits per heavy atom. The lowest BCUT2D eigenvalue weighted by atomic mass is 10.1. The number of nitrogens with one attached hydrogen (secondary N) is 1. The number of para-hydroxylation sites is 1. The lowest BCUT2D eigenvalue weighted by Crippen LogP contribution is -2.24. The van der Waals surface area contributed by atoms with Gasteiger partial charge in [-0.25, -0.2) is 9.97 Å². The second-order valence-corrected chi connectivity index (χ2v) is 5.11. The largest absolute Gasteiger partial charge is 0.454 e. The zero-order valence-electron chi connectivity index (χ0n) is 12.2. The lowest BCUT2D eigenvalue weighted by Gasteiger charge is -2.07. The smallest absolute Gasteiger partial charge is 0.270 e. The molecule has 1 aromatic heterocycles. The molecule has 1 amide bonds. The fourth-order valence-corrected chi connectivity index (χ4v) is 2.50. The van der Waals surface area contributed by atoms with E-state index in [-0.39, 0.29) is 12.7 Å². The predicted octanol–water partition coefficient (Wildman–Crippen LogP) is 2.29. The number of hydrogen-bond donors (Lipinski definition) is 1. The number of amides is 1. The Bertz CT molecular complexity index is 890. The van der Waals surface area contributed by atoms with Gasteiger partial charge in [-0.2, -0.15) is 0 Å². The van der Waals surface area contributed by atoms with Crippen LogP contribution in [0.1, 0.15) is 16.1 Å². The van der Waals surface area contributed by atoms with Crippen LogP contribution in [0.4, 0.5) is 0 Å². The highest BCUT2D eigenvalue weighted by Crippen LogP contribution is 2.32. The number of ether oxygens (including phenoxy) is 2. The zero-order valence-corrected chi connectivity index (χ0v) is 12.2. The molecule has 0 atom stereocenters. The molecule has 0 unspecified atom stereocenters. The molecule has 6 nitrogen and oxygen atoms in total.